The summed E-state index contributed by atoms with van der Waals surface area (Å²) >= 11 is 0. The number of nitrogens with zero attached hydrogens (tertiary/aromatic N) is 1. The Kier molecular flexibility index (Phi) is 5.13. The third-order valence-corrected chi connectivity index (χ3v) is 3.67. The van der Waals surface area contributed by atoms with Crippen molar-refractivity contribution in [2.75, 3.05) is 6.61 Å². The number of carboxylic acid groups (broad SMARTS) is 1. The predicted octanol–water partition coefficient (Wildman–Crippen LogP) is -0.540. The van der Waals surface area contributed by atoms with Crippen molar-refractivity contribution < 1.29 is 28.3 Å². The summed E-state index contributed by atoms with van der Waals surface area (Å²) in [6.45, 7) is -0.925. The first-order valence-electron chi connectivity index (χ1n) is 5.33. The lowest BCUT2D eigenvalue weighted by Gasteiger charge is -2.12. The molecule has 1 aromatic rings. The van der Waals surface area contributed by atoms with Gasteiger partial charge in [0.2, 0.25) is 10.0 Å². The van der Waals surface area contributed by atoms with Crippen LogP contribution in [0.2, 0.25) is 0 Å². The maximum Gasteiger partial charge on any atom is 0.324 e. The maximum atomic E-state index is 11.7. The van der Waals surface area contributed by atoms with E-state index in [-0.39, 0.29) is 11.3 Å². The summed E-state index contributed by atoms with van der Waals surface area (Å²) < 4.78 is 25.2. The van der Waals surface area contributed by atoms with Gasteiger partial charge in [0.05, 0.1) is 17.3 Å². The van der Waals surface area contributed by atoms with Gasteiger partial charge in [0.1, 0.15) is 6.04 Å². The fraction of sp³-hybridized carbons (Fsp3) is 0.300. The summed E-state index contributed by atoms with van der Waals surface area (Å²) in [7, 11) is -4.14. The van der Waals surface area contributed by atoms with E-state index >= 15 is 0 Å². The molecule has 9 nitrogen and oxygen atoms in total. The monoisotopic (exact) mass is 304 g/mol. The lowest BCUT2D eigenvalue weighted by atomic mass is 10.2. The highest BCUT2D eigenvalue weighted by molar-refractivity contribution is 7.88. The Morgan fingerprint density at radius 2 is 2.00 bits per heavy atom. The number of rotatable bonds is 7. The van der Waals surface area contributed by atoms with Crippen molar-refractivity contribution in [3.63, 3.8) is 0 Å². The highest BCUT2D eigenvalue weighted by Gasteiger charge is 2.25. The van der Waals surface area contributed by atoms with Crippen LogP contribution in [0.25, 0.3) is 0 Å². The molecule has 0 fully saturated rings. The van der Waals surface area contributed by atoms with Crippen LogP contribution in [-0.2, 0) is 20.6 Å². The van der Waals surface area contributed by atoms with Crippen LogP contribution in [-0.4, -0.2) is 42.2 Å². The summed E-state index contributed by atoms with van der Waals surface area (Å²) in [6, 6.07) is 3.52. The van der Waals surface area contributed by atoms with Gasteiger partial charge in [-0.1, -0.05) is 18.2 Å². The molecule has 0 aliphatic carbocycles. The Morgan fingerprint density at radius 3 is 2.50 bits per heavy atom. The van der Waals surface area contributed by atoms with Crippen LogP contribution in [0.4, 0.5) is 5.69 Å². The van der Waals surface area contributed by atoms with Gasteiger partial charge in [-0.2, -0.15) is 4.72 Å². The SMILES string of the molecule is O=C(O)[C@H](CO)NS(=O)(=O)Cc1ccccc1[N+](=O)[O-]. The molecule has 1 rings (SSSR count). The number of benzene rings is 1. The quantitative estimate of drug-likeness (QED) is 0.452. The van der Waals surface area contributed by atoms with E-state index in [0.29, 0.717) is 0 Å². The average molecular weight is 304 g/mol. The molecule has 0 unspecified atom stereocenters. The van der Waals surface area contributed by atoms with Gasteiger partial charge >= 0.3 is 5.97 Å². The molecule has 0 saturated carbocycles. The van der Waals surface area contributed by atoms with Crippen LogP contribution in [0.3, 0.4) is 0 Å². The van der Waals surface area contributed by atoms with Crippen molar-refractivity contribution in [3.05, 3.63) is 39.9 Å². The van der Waals surface area contributed by atoms with Crippen LogP contribution in [0.15, 0.2) is 24.3 Å². The second-order valence-electron chi connectivity index (χ2n) is 3.84. The van der Waals surface area contributed by atoms with E-state index in [0.717, 1.165) is 6.07 Å². The number of hydrogen-bond acceptors (Lipinski definition) is 6. The topological polar surface area (TPSA) is 147 Å². The van der Waals surface area contributed by atoms with Gasteiger partial charge in [0.25, 0.3) is 5.69 Å². The van der Waals surface area contributed by atoms with E-state index < -0.39 is 39.3 Å². The van der Waals surface area contributed by atoms with Crippen LogP contribution < -0.4 is 4.72 Å². The molecule has 0 aliphatic rings. The summed E-state index contributed by atoms with van der Waals surface area (Å²) in [5, 5.41) is 28.2. The van der Waals surface area contributed by atoms with E-state index in [9.17, 15) is 23.3 Å². The van der Waals surface area contributed by atoms with Gasteiger partial charge in [-0.25, -0.2) is 8.42 Å². The Balaban J connectivity index is 2.97. The second kappa shape index (κ2) is 6.41. The number of nitro benzene ring substituents is 1. The molecule has 0 heterocycles. The minimum Gasteiger partial charge on any atom is -0.480 e. The number of nitro groups is 1. The molecule has 0 saturated heterocycles. The third-order valence-electron chi connectivity index (χ3n) is 2.34. The number of carbonyl (C=O) groups is 1. The normalized spacial score (nSPS) is 12.8. The summed E-state index contributed by atoms with van der Waals surface area (Å²) in [5.41, 5.74) is -0.458. The Labute approximate surface area is 114 Å². The first kappa shape index (κ1) is 16.0. The van der Waals surface area contributed by atoms with Crippen molar-refractivity contribution in [3.8, 4) is 0 Å². The number of nitrogens with one attached hydrogen (secondary N) is 1. The number of para-hydroxylation sites is 1. The van der Waals surface area contributed by atoms with Gasteiger partial charge in [0.15, 0.2) is 0 Å². The Bertz CT molecular complexity index is 614. The fourth-order valence-electron chi connectivity index (χ4n) is 1.44. The highest BCUT2D eigenvalue weighted by Crippen LogP contribution is 2.19. The second-order valence-corrected chi connectivity index (χ2v) is 5.59. The van der Waals surface area contributed by atoms with Gasteiger partial charge in [-0.3, -0.25) is 14.9 Å². The minimum atomic E-state index is -4.14. The third kappa shape index (κ3) is 4.26. The largest absolute Gasteiger partial charge is 0.480 e. The predicted molar refractivity (Wildman–Crippen MR) is 67.4 cm³/mol. The van der Waals surface area contributed by atoms with Crippen molar-refractivity contribution >= 4 is 21.7 Å². The standard InChI is InChI=1S/C10H12N2O7S/c13-5-8(10(14)15)11-20(18,19)6-7-3-1-2-4-9(7)12(16)17/h1-4,8,11,13H,5-6H2,(H,14,15)/t8-/m0/s1. The fourth-order valence-corrected chi connectivity index (χ4v) is 2.79. The van der Waals surface area contributed by atoms with Gasteiger partial charge in [0, 0.05) is 11.6 Å². The first-order chi connectivity index (χ1) is 9.26. The molecule has 1 atom stereocenters. The van der Waals surface area contributed by atoms with Crippen LogP contribution in [0, 0.1) is 10.1 Å². The van der Waals surface area contributed by atoms with E-state index in [4.69, 9.17) is 10.2 Å². The zero-order valence-corrected chi connectivity index (χ0v) is 10.9. The molecule has 0 bridgehead atoms. The smallest absolute Gasteiger partial charge is 0.324 e. The zero-order chi connectivity index (χ0) is 15.3. The van der Waals surface area contributed by atoms with Gasteiger partial charge in [-0.15, -0.1) is 0 Å². The lowest BCUT2D eigenvalue weighted by Crippen LogP contribution is -2.43. The molecule has 10 heteroatoms. The molecule has 0 aromatic heterocycles. The molecule has 20 heavy (non-hydrogen) atoms. The first-order valence-corrected chi connectivity index (χ1v) is 6.98. The lowest BCUT2D eigenvalue weighted by molar-refractivity contribution is -0.385. The van der Waals surface area contributed by atoms with Crippen molar-refractivity contribution in [1.82, 2.24) is 4.72 Å². The summed E-state index contributed by atoms with van der Waals surface area (Å²) in [5.74, 6) is -2.30. The van der Waals surface area contributed by atoms with Crippen LogP contribution >= 0.6 is 0 Å². The van der Waals surface area contributed by atoms with E-state index in [2.05, 4.69) is 0 Å². The number of aliphatic hydroxyl groups is 1. The summed E-state index contributed by atoms with van der Waals surface area (Å²) in [6.07, 6.45) is 0. The van der Waals surface area contributed by atoms with Gasteiger partial charge < -0.3 is 10.2 Å². The number of sulfonamides is 1. The molecule has 0 spiro atoms. The van der Waals surface area contributed by atoms with E-state index in [1.54, 1.807) is 4.72 Å². The van der Waals surface area contributed by atoms with E-state index in [1.807, 2.05) is 0 Å². The molecule has 0 radical (unpaired) electrons. The molecular weight excluding hydrogens is 292 g/mol. The molecular formula is C10H12N2O7S. The summed E-state index contributed by atoms with van der Waals surface area (Å²) in [4.78, 5) is 20.7. The van der Waals surface area contributed by atoms with E-state index in [1.165, 1.54) is 18.2 Å². The molecule has 1 aromatic carbocycles. The molecule has 110 valence electrons. The van der Waals surface area contributed by atoms with Crippen molar-refractivity contribution in [2.24, 2.45) is 0 Å². The number of aliphatic carboxylic acids is 1. The number of aliphatic hydroxyl groups excluding tert-OH is 1. The highest BCUT2D eigenvalue weighted by atomic mass is 32.2. The Hall–Kier alpha value is -2.04. The van der Waals surface area contributed by atoms with Crippen molar-refractivity contribution in [2.45, 2.75) is 11.8 Å². The number of hydrogen-bond donors (Lipinski definition) is 3. The average Bonchev–Trinajstić information content (AvgIpc) is 2.35. The maximum absolute atomic E-state index is 11.7. The zero-order valence-electron chi connectivity index (χ0n) is 10.1. The van der Waals surface area contributed by atoms with Crippen LogP contribution in [0.5, 0.6) is 0 Å². The Morgan fingerprint density at radius 1 is 1.40 bits per heavy atom. The minimum absolute atomic E-state index is 0.0768. The number of carboxylic acids is 1. The molecule has 0 amide bonds. The van der Waals surface area contributed by atoms with Gasteiger partial charge in [-0.05, 0) is 0 Å². The molecule has 3 N–H and O–H groups in total. The molecule has 0 aliphatic heterocycles. The van der Waals surface area contributed by atoms with Crippen LogP contribution in [0.1, 0.15) is 5.56 Å². The van der Waals surface area contributed by atoms with Crippen molar-refractivity contribution in [1.29, 1.82) is 0 Å².